The summed E-state index contributed by atoms with van der Waals surface area (Å²) in [4.78, 5) is 0. The smallest absolute Gasteiger partial charge is 0.115 e. The summed E-state index contributed by atoms with van der Waals surface area (Å²) >= 11 is 0. The molecule has 3 heteroatoms. The Morgan fingerprint density at radius 3 is 2.65 bits per heavy atom. The largest absolute Gasteiger partial charge is 0.508 e. The average Bonchev–Trinajstić information content (AvgIpc) is 2.34. The topological polar surface area (TPSA) is 38.7 Å². The number of aromatic hydroxyl groups is 1. The van der Waals surface area contributed by atoms with Crippen LogP contribution >= 0.6 is 0 Å². The Labute approximate surface area is 102 Å². The van der Waals surface area contributed by atoms with Gasteiger partial charge in [-0.15, -0.1) is 0 Å². The van der Waals surface area contributed by atoms with E-state index < -0.39 is 0 Å². The normalized spacial score (nSPS) is 10.6. The van der Waals surface area contributed by atoms with E-state index in [9.17, 15) is 0 Å². The summed E-state index contributed by atoms with van der Waals surface area (Å²) in [6, 6.07) is 6.91. The second-order valence-electron chi connectivity index (χ2n) is 3.44. The van der Waals surface area contributed by atoms with Crippen molar-refractivity contribution in [1.82, 2.24) is 0 Å². The number of hydrogen-bond donors (Lipinski definition) is 1. The van der Waals surface area contributed by atoms with Crippen LogP contribution in [0.4, 0.5) is 0 Å². The minimum absolute atomic E-state index is 0.258. The molecule has 1 aromatic carbocycles. The van der Waals surface area contributed by atoms with E-state index in [1.807, 2.05) is 25.1 Å². The molecule has 0 aliphatic carbocycles. The minimum Gasteiger partial charge on any atom is -0.508 e. The van der Waals surface area contributed by atoms with Gasteiger partial charge in [0, 0.05) is 6.61 Å². The van der Waals surface area contributed by atoms with E-state index in [0.29, 0.717) is 25.6 Å². The third-order valence-electron chi connectivity index (χ3n) is 2.07. The first-order chi connectivity index (χ1) is 8.22. The van der Waals surface area contributed by atoms with Gasteiger partial charge in [-0.05, 0) is 30.7 Å². The first kappa shape index (κ1) is 13.3. The highest BCUT2D eigenvalue weighted by molar-refractivity contribution is 5.52. The SMILES string of the molecule is C=C(/C=C/c1ccc(O)cc1)OCCOCC. The first-order valence-electron chi connectivity index (χ1n) is 5.59. The molecule has 0 spiro atoms. The minimum atomic E-state index is 0.258. The lowest BCUT2D eigenvalue weighted by molar-refractivity contribution is 0.0870. The van der Waals surface area contributed by atoms with Crippen LogP contribution in [0.25, 0.3) is 6.08 Å². The quantitative estimate of drug-likeness (QED) is 0.448. The standard InChI is InChI=1S/C14H18O3/c1-3-16-10-11-17-12(2)4-5-13-6-8-14(15)9-7-13/h4-9,15H,2-3,10-11H2,1H3/b5-4+. The van der Waals surface area contributed by atoms with Gasteiger partial charge >= 0.3 is 0 Å². The van der Waals surface area contributed by atoms with Crippen LogP contribution in [0, 0.1) is 0 Å². The Bertz CT molecular complexity index is 366. The molecule has 0 aliphatic rings. The summed E-state index contributed by atoms with van der Waals surface area (Å²) in [5.41, 5.74) is 0.984. The third kappa shape index (κ3) is 5.78. The maximum atomic E-state index is 9.12. The second-order valence-corrected chi connectivity index (χ2v) is 3.44. The summed E-state index contributed by atoms with van der Waals surface area (Å²) in [5, 5.41) is 9.12. The molecule has 1 rings (SSSR count). The van der Waals surface area contributed by atoms with Gasteiger partial charge in [-0.2, -0.15) is 0 Å². The highest BCUT2D eigenvalue weighted by atomic mass is 16.5. The second kappa shape index (κ2) is 7.52. The molecule has 17 heavy (non-hydrogen) atoms. The maximum absolute atomic E-state index is 9.12. The van der Waals surface area contributed by atoms with Crippen LogP contribution in [0.5, 0.6) is 5.75 Å². The van der Waals surface area contributed by atoms with E-state index >= 15 is 0 Å². The molecule has 0 fully saturated rings. The Morgan fingerprint density at radius 1 is 1.29 bits per heavy atom. The highest BCUT2D eigenvalue weighted by Gasteiger charge is 1.91. The van der Waals surface area contributed by atoms with Crippen LogP contribution < -0.4 is 0 Å². The molecule has 0 atom stereocenters. The van der Waals surface area contributed by atoms with Crippen molar-refractivity contribution in [2.24, 2.45) is 0 Å². The van der Waals surface area contributed by atoms with Gasteiger partial charge in [-0.1, -0.05) is 24.8 Å². The van der Waals surface area contributed by atoms with Crippen LogP contribution in [0.2, 0.25) is 0 Å². The molecule has 3 nitrogen and oxygen atoms in total. The number of phenols is 1. The lowest BCUT2D eigenvalue weighted by Gasteiger charge is -2.05. The predicted molar refractivity (Wildman–Crippen MR) is 68.7 cm³/mol. The summed E-state index contributed by atoms with van der Waals surface area (Å²) < 4.78 is 10.5. The lowest BCUT2D eigenvalue weighted by Crippen LogP contribution is -2.02. The van der Waals surface area contributed by atoms with Gasteiger partial charge in [0.2, 0.25) is 0 Å². The van der Waals surface area contributed by atoms with Crippen LogP contribution in [0.1, 0.15) is 12.5 Å². The molecule has 1 aromatic rings. The molecule has 0 bridgehead atoms. The van der Waals surface area contributed by atoms with Gasteiger partial charge < -0.3 is 14.6 Å². The molecule has 0 aromatic heterocycles. The van der Waals surface area contributed by atoms with Crippen molar-refractivity contribution in [3.63, 3.8) is 0 Å². The molecule has 0 saturated heterocycles. The Balaban J connectivity index is 2.32. The van der Waals surface area contributed by atoms with Crippen molar-refractivity contribution >= 4 is 6.08 Å². The van der Waals surface area contributed by atoms with E-state index in [2.05, 4.69) is 6.58 Å². The number of rotatable bonds is 7. The van der Waals surface area contributed by atoms with Crippen molar-refractivity contribution in [2.45, 2.75) is 6.92 Å². The molecule has 0 amide bonds. The predicted octanol–water partition coefficient (Wildman–Crippen LogP) is 2.97. The molecular formula is C14H18O3. The van der Waals surface area contributed by atoms with E-state index in [0.717, 1.165) is 5.56 Å². The van der Waals surface area contributed by atoms with Crippen LogP contribution in [0.3, 0.4) is 0 Å². The van der Waals surface area contributed by atoms with Gasteiger partial charge in [-0.3, -0.25) is 0 Å². The fourth-order valence-corrected chi connectivity index (χ4v) is 1.20. The number of ether oxygens (including phenoxy) is 2. The zero-order chi connectivity index (χ0) is 12.5. The molecule has 0 heterocycles. The van der Waals surface area contributed by atoms with Gasteiger partial charge in [-0.25, -0.2) is 0 Å². The summed E-state index contributed by atoms with van der Waals surface area (Å²) in [6.45, 7) is 7.49. The monoisotopic (exact) mass is 234 g/mol. The van der Waals surface area contributed by atoms with Crippen LogP contribution in [0.15, 0.2) is 42.7 Å². The molecule has 92 valence electrons. The molecule has 1 N–H and O–H groups in total. The Morgan fingerprint density at radius 2 is 2.00 bits per heavy atom. The average molecular weight is 234 g/mol. The van der Waals surface area contributed by atoms with Crippen molar-refractivity contribution < 1.29 is 14.6 Å². The lowest BCUT2D eigenvalue weighted by atomic mass is 10.2. The Hall–Kier alpha value is -1.74. The summed E-state index contributed by atoms with van der Waals surface area (Å²) in [6.07, 6.45) is 3.67. The van der Waals surface area contributed by atoms with E-state index in [1.54, 1.807) is 18.2 Å². The van der Waals surface area contributed by atoms with Crippen molar-refractivity contribution in [3.8, 4) is 5.75 Å². The number of hydrogen-bond acceptors (Lipinski definition) is 3. The summed E-state index contributed by atoms with van der Waals surface area (Å²) in [5.74, 6) is 0.853. The highest BCUT2D eigenvalue weighted by Crippen LogP contribution is 2.11. The van der Waals surface area contributed by atoms with Gasteiger partial charge in [0.15, 0.2) is 0 Å². The third-order valence-corrected chi connectivity index (χ3v) is 2.07. The van der Waals surface area contributed by atoms with Gasteiger partial charge in [0.05, 0.1) is 6.61 Å². The fourth-order valence-electron chi connectivity index (χ4n) is 1.20. The molecule has 0 radical (unpaired) electrons. The molecule has 0 unspecified atom stereocenters. The van der Waals surface area contributed by atoms with Crippen LogP contribution in [-0.2, 0) is 9.47 Å². The number of allylic oxidation sites excluding steroid dienone is 1. The summed E-state index contributed by atoms with van der Waals surface area (Å²) in [7, 11) is 0. The van der Waals surface area contributed by atoms with E-state index in [4.69, 9.17) is 14.6 Å². The fraction of sp³-hybridized carbons (Fsp3) is 0.286. The van der Waals surface area contributed by atoms with Crippen LogP contribution in [-0.4, -0.2) is 24.9 Å². The molecular weight excluding hydrogens is 216 g/mol. The van der Waals surface area contributed by atoms with Crippen molar-refractivity contribution in [1.29, 1.82) is 0 Å². The number of phenolic OH excluding ortho intramolecular Hbond substituents is 1. The van der Waals surface area contributed by atoms with Crippen molar-refractivity contribution in [3.05, 3.63) is 48.2 Å². The first-order valence-corrected chi connectivity index (χ1v) is 5.59. The molecule has 0 saturated carbocycles. The van der Waals surface area contributed by atoms with E-state index in [-0.39, 0.29) is 5.75 Å². The Kier molecular flexibility index (Phi) is 5.89. The van der Waals surface area contributed by atoms with Gasteiger partial charge in [0.25, 0.3) is 0 Å². The zero-order valence-electron chi connectivity index (χ0n) is 10.1. The zero-order valence-corrected chi connectivity index (χ0v) is 10.1. The molecule has 0 aliphatic heterocycles. The van der Waals surface area contributed by atoms with E-state index in [1.165, 1.54) is 0 Å². The number of benzene rings is 1. The maximum Gasteiger partial charge on any atom is 0.115 e. The van der Waals surface area contributed by atoms with Crippen molar-refractivity contribution in [2.75, 3.05) is 19.8 Å². The van der Waals surface area contributed by atoms with Gasteiger partial charge in [0.1, 0.15) is 18.1 Å².